The Balaban J connectivity index is 3.21. The monoisotopic (exact) mass is 203 g/mol. The summed E-state index contributed by atoms with van der Waals surface area (Å²) in [4.78, 5) is 21.5. The summed E-state index contributed by atoms with van der Waals surface area (Å²) in [6, 6.07) is 0. The molecule has 0 heterocycles. The van der Waals surface area contributed by atoms with Gasteiger partial charge in [-0.3, -0.25) is 9.59 Å². The Morgan fingerprint density at radius 3 is 2.57 bits per heavy atom. The quantitative estimate of drug-likeness (QED) is 0.469. The third-order valence-corrected chi connectivity index (χ3v) is 1.54. The molecule has 0 spiro atoms. The topological polar surface area (TPSA) is 64.6 Å². The lowest BCUT2D eigenvalue weighted by atomic mass is 10.3. The number of carbonyl (C=O) groups is 2. The fourth-order valence-corrected chi connectivity index (χ4v) is 0.854. The number of rotatable bonds is 7. The van der Waals surface area contributed by atoms with Crippen LogP contribution >= 0.6 is 0 Å². The molecule has 14 heavy (non-hydrogen) atoms. The first-order chi connectivity index (χ1) is 6.70. The van der Waals surface area contributed by atoms with E-state index in [1.54, 1.807) is 6.92 Å². The minimum Gasteiger partial charge on any atom is -0.468 e. The van der Waals surface area contributed by atoms with Gasteiger partial charge in [-0.25, -0.2) is 0 Å². The molecule has 0 aliphatic carbocycles. The summed E-state index contributed by atoms with van der Waals surface area (Å²) < 4.78 is 9.16. The van der Waals surface area contributed by atoms with Crippen LogP contribution in [-0.4, -0.2) is 38.7 Å². The van der Waals surface area contributed by atoms with Crippen LogP contribution < -0.4 is 5.32 Å². The molecule has 82 valence electrons. The molecule has 5 heteroatoms. The third-order valence-electron chi connectivity index (χ3n) is 1.54. The summed E-state index contributed by atoms with van der Waals surface area (Å²) in [5.41, 5.74) is 0. The number of nitrogens with one attached hydrogen (secondary N) is 1. The molecule has 0 unspecified atom stereocenters. The predicted octanol–water partition coefficient (Wildman–Crippen LogP) is 0.0923. The maximum Gasteiger partial charge on any atom is 0.319 e. The molecule has 0 saturated heterocycles. The zero-order valence-electron chi connectivity index (χ0n) is 8.67. The van der Waals surface area contributed by atoms with Crippen molar-refractivity contribution in [3.63, 3.8) is 0 Å². The zero-order chi connectivity index (χ0) is 10.8. The maximum absolute atomic E-state index is 10.9. The van der Waals surface area contributed by atoms with E-state index in [1.165, 1.54) is 7.11 Å². The molecule has 0 amide bonds. The van der Waals surface area contributed by atoms with Crippen LogP contribution in [0.1, 0.15) is 19.8 Å². The first-order valence-electron chi connectivity index (χ1n) is 4.63. The van der Waals surface area contributed by atoms with Crippen LogP contribution in [0.15, 0.2) is 0 Å². The van der Waals surface area contributed by atoms with Crippen molar-refractivity contribution in [3.05, 3.63) is 0 Å². The van der Waals surface area contributed by atoms with Gasteiger partial charge in [0.05, 0.1) is 20.3 Å². The van der Waals surface area contributed by atoms with E-state index in [-0.39, 0.29) is 18.5 Å². The van der Waals surface area contributed by atoms with Crippen molar-refractivity contribution < 1.29 is 19.1 Å². The number of hydrogen-bond acceptors (Lipinski definition) is 5. The number of hydrogen-bond donors (Lipinski definition) is 1. The van der Waals surface area contributed by atoms with Crippen LogP contribution in [0, 0.1) is 0 Å². The fourth-order valence-electron chi connectivity index (χ4n) is 0.854. The van der Waals surface area contributed by atoms with E-state index in [4.69, 9.17) is 4.74 Å². The second kappa shape index (κ2) is 8.50. The van der Waals surface area contributed by atoms with E-state index < -0.39 is 0 Å². The summed E-state index contributed by atoms with van der Waals surface area (Å²) in [5.74, 6) is -0.506. The summed E-state index contributed by atoms with van der Waals surface area (Å²) >= 11 is 0. The summed E-state index contributed by atoms with van der Waals surface area (Å²) in [6.07, 6.45) is 1.04. The Morgan fingerprint density at radius 1 is 1.29 bits per heavy atom. The minimum atomic E-state index is -0.305. The molecule has 0 aromatic rings. The van der Waals surface area contributed by atoms with Gasteiger partial charge in [-0.1, -0.05) is 0 Å². The van der Waals surface area contributed by atoms with E-state index in [2.05, 4.69) is 10.1 Å². The molecular formula is C9H17NO4. The molecule has 0 aromatic carbocycles. The molecule has 5 nitrogen and oxygen atoms in total. The average molecular weight is 203 g/mol. The molecule has 0 bridgehead atoms. The van der Waals surface area contributed by atoms with Crippen molar-refractivity contribution in [2.24, 2.45) is 0 Å². The van der Waals surface area contributed by atoms with Gasteiger partial charge < -0.3 is 14.8 Å². The highest BCUT2D eigenvalue weighted by molar-refractivity contribution is 5.71. The molecule has 0 atom stereocenters. The van der Waals surface area contributed by atoms with Gasteiger partial charge in [-0.05, 0) is 19.9 Å². The van der Waals surface area contributed by atoms with E-state index in [0.717, 1.165) is 0 Å². The SMILES string of the molecule is CCOC(=O)CCCNCC(=O)OC. The number of methoxy groups -OCH3 is 1. The Bertz CT molecular complexity index is 182. The van der Waals surface area contributed by atoms with Crippen molar-refractivity contribution in [3.8, 4) is 0 Å². The highest BCUT2D eigenvalue weighted by Gasteiger charge is 2.01. The number of ether oxygens (including phenoxy) is 2. The highest BCUT2D eigenvalue weighted by Crippen LogP contribution is 1.90. The van der Waals surface area contributed by atoms with Crippen molar-refractivity contribution in [1.29, 1.82) is 0 Å². The second-order valence-electron chi connectivity index (χ2n) is 2.66. The lowest BCUT2D eigenvalue weighted by Gasteiger charge is -2.03. The molecule has 1 N–H and O–H groups in total. The molecule has 0 saturated carbocycles. The largest absolute Gasteiger partial charge is 0.468 e. The van der Waals surface area contributed by atoms with E-state index in [9.17, 15) is 9.59 Å². The van der Waals surface area contributed by atoms with Crippen molar-refractivity contribution in [2.45, 2.75) is 19.8 Å². The Hall–Kier alpha value is -1.10. The van der Waals surface area contributed by atoms with Crippen LogP contribution in [-0.2, 0) is 19.1 Å². The normalized spacial score (nSPS) is 9.57. The van der Waals surface area contributed by atoms with Gasteiger partial charge in [0.2, 0.25) is 0 Å². The first-order valence-corrected chi connectivity index (χ1v) is 4.63. The smallest absolute Gasteiger partial charge is 0.319 e. The predicted molar refractivity (Wildman–Crippen MR) is 50.8 cm³/mol. The molecule has 0 aliphatic rings. The van der Waals surface area contributed by atoms with Gasteiger partial charge in [0.1, 0.15) is 0 Å². The molecule has 0 aliphatic heterocycles. The summed E-state index contributed by atoms with van der Waals surface area (Å²) in [7, 11) is 1.34. The molecule has 0 aromatic heterocycles. The van der Waals surface area contributed by atoms with Gasteiger partial charge in [0.25, 0.3) is 0 Å². The highest BCUT2D eigenvalue weighted by atomic mass is 16.5. The van der Waals surface area contributed by atoms with Gasteiger partial charge in [-0.15, -0.1) is 0 Å². The third kappa shape index (κ3) is 7.54. The lowest BCUT2D eigenvalue weighted by Crippen LogP contribution is -2.25. The Labute approximate surface area is 83.8 Å². The van der Waals surface area contributed by atoms with Gasteiger partial charge in [0, 0.05) is 6.42 Å². The molecule has 0 rings (SSSR count). The van der Waals surface area contributed by atoms with Crippen molar-refractivity contribution in [1.82, 2.24) is 5.32 Å². The summed E-state index contributed by atoms with van der Waals surface area (Å²) in [5, 5.41) is 2.85. The average Bonchev–Trinajstić information content (AvgIpc) is 2.17. The molecule has 0 radical (unpaired) electrons. The number of esters is 2. The second-order valence-corrected chi connectivity index (χ2v) is 2.66. The zero-order valence-corrected chi connectivity index (χ0v) is 8.67. The summed E-state index contributed by atoms with van der Waals surface area (Å²) in [6.45, 7) is 2.97. The van der Waals surface area contributed by atoms with Crippen LogP contribution in [0.2, 0.25) is 0 Å². The Morgan fingerprint density at radius 2 is 2.00 bits per heavy atom. The van der Waals surface area contributed by atoms with Gasteiger partial charge >= 0.3 is 11.9 Å². The molecular weight excluding hydrogens is 186 g/mol. The van der Waals surface area contributed by atoms with Gasteiger partial charge in [-0.2, -0.15) is 0 Å². The van der Waals surface area contributed by atoms with Crippen LogP contribution in [0.5, 0.6) is 0 Å². The minimum absolute atomic E-state index is 0.180. The van der Waals surface area contributed by atoms with Crippen LogP contribution in [0.4, 0.5) is 0 Å². The lowest BCUT2D eigenvalue weighted by molar-refractivity contribution is -0.143. The first kappa shape index (κ1) is 12.9. The van der Waals surface area contributed by atoms with E-state index in [0.29, 0.717) is 26.0 Å². The number of carbonyl (C=O) groups excluding carboxylic acids is 2. The van der Waals surface area contributed by atoms with Crippen molar-refractivity contribution in [2.75, 3.05) is 26.8 Å². The maximum atomic E-state index is 10.9. The standard InChI is InChI=1S/C9H17NO4/c1-3-14-8(11)5-4-6-10-7-9(12)13-2/h10H,3-7H2,1-2H3. The van der Waals surface area contributed by atoms with Gasteiger partial charge in [0.15, 0.2) is 0 Å². The van der Waals surface area contributed by atoms with E-state index >= 15 is 0 Å². The van der Waals surface area contributed by atoms with E-state index in [1.807, 2.05) is 0 Å². The van der Waals surface area contributed by atoms with Crippen molar-refractivity contribution >= 4 is 11.9 Å². The van der Waals surface area contributed by atoms with Crippen LogP contribution in [0.3, 0.4) is 0 Å². The van der Waals surface area contributed by atoms with Crippen LogP contribution in [0.25, 0.3) is 0 Å². The fraction of sp³-hybridized carbons (Fsp3) is 0.778. The Kier molecular flexibility index (Phi) is 7.83. The molecule has 0 fully saturated rings.